The summed E-state index contributed by atoms with van der Waals surface area (Å²) in [5.41, 5.74) is 2.83. The van der Waals surface area contributed by atoms with Gasteiger partial charge in [0.2, 0.25) is 0 Å². The van der Waals surface area contributed by atoms with Crippen molar-refractivity contribution in [3.63, 3.8) is 0 Å². The monoisotopic (exact) mass is 350 g/mol. The molecule has 3 aromatic carbocycles. The Morgan fingerprint density at radius 1 is 0.692 bits per heavy atom. The van der Waals surface area contributed by atoms with Crippen LogP contribution in [0.5, 0.6) is 17.2 Å². The number of ether oxygens (including phenoxy) is 3. The maximum atomic E-state index is 9.37. The van der Waals surface area contributed by atoms with Crippen LogP contribution in [0.3, 0.4) is 0 Å². The van der Waals surface area contributed by atoms with E-state index in [0.29, 0.717) is 30.5 Å². The Bertz CT molecular complexity index is 831. The van der Waals surface area contributed by atoms with Crippen LogP contribution in [0.2, 0.25) is 0 Å². The Morgan fingerprint density at radius 3 is 2.15 bits per heavy atom. The van der Waals surface area contributed by atoms with Crippen LogP contribution in [0.15, 0.2) is 72.8 Å². The molecule has 0 unspecified atom stereocenters. The summed E-state index contributed by atoms with van der Waals surface area (Å²) in [6.45, 7) is 0.815. The summed E-state index contributed by atoms with van der Waals surface area (Å²) in [6.07, 6.45) is 0. The van der Waals surface area contributed by atoms with E-state index in [9.17, 15) is 5.11 Å². The van der Waals surface area contributed by atoms with E-state index in [-0.39, 0.29) is 6.61 Å². The zero-order chi connectivity index (χ0) is 18.2. The topological polar surface area (TPSA) is 47.9 Å². The normalized spacial score (nSPS) is 10.4. The van der Waals surface area contributed by atoms with Crippen LogP contribution >= 0.6 is 0 Å². The predicted molar refractivity (Wildman–Crippen MR) is 100 cm³/mol. The van der Waals surface area contributed by atoms with E-state index < -0.39 is 0 Å². The van der Waals surface area contributed by atoms with Crippen LogP contribution < -0.4 is 14.2 Å². The van der Waals surface area contributed by atoms with Gasteiger partial charge in [0, 0.05) is 5.56 Å². The highest BCUT2D eigenvalue weighted by molar-refractivity contribution is 5.43. The van der Waals surface area contributed by atoms with Crippen molar-refractivity contribution in [2.75, 3.05) is 7.11 Å². The van der Waals surface area contributed by atoms with Gasteiger partial charge < -0.3 is 19.3 Å². The van der Waals surface area contributed by atoms with Gasteiger partial charge in [-0.15, -0.1) is 0 Å². The van der Waals surface area contributed by atoms with Crippen LogP contribution in [0.4, 0.5) is 0 Å². The lowest BCUT2D eigenvalue weighted by molar-refractivity contribution is 0.258. The second kappa shape index (κ2) is 8.92. The molecule has 3 aromatic rings. The minimum Gasteiger partial charge on any atom is -0.493 e. The average molecular weight is 350 g/mol. The molecule has 0 spiro atoms. The highest BCUT2D eigenvalue weighted by Crippen LogP contribution is 2.29. The Labute approximate surface area is 153 Å². The highest BCUT2D eigenvalue weighted by atomic mass is 16.5. The molecular weight excluding hydrogens is 328 g/mol. The van der Waals surface area contributed by atoms with Crippen molar-refractivity contribution in [2.45, 2.75) is 19.8 Å². The largest absolute Gasteiger partial charge is 0.493 e. The highest BCUT2D eigenvalue weighted by Gasteiger charge is 2.08. The smallest absolute Gasteiger partial charge is 0.161 e. The predicted octanol–water partition coefficient (Wildman–Crippen LogP) is 4.35. The van der Waals surface area contributed by atoms with Gasteiger partial charge in [0.1, 0.15) is 19.0 Å². The van der Waals surface area contributed by atoms with Crippen molar-refractivity contribution in [1.82, 2.24) is 0 Å². The van der Waals surface area contributed by atoms with Gasteiger partial charge in [-0.3, -0.25) is 0 Å². The molecule has 0 fully saturated rings. The van der Waals surface area contributed by atoms with Gasteiger partial charge in [0.25, 0.3) is 0 Å². The van der Waals surface area contributed by atoms with Crippen LogP contribution in [-0.4, -0.2) is 12.2 Å². The molecule has 26 heavy (non-hydrogen) atoms. The average Bonchev–Trinajstić information content (AvgIpc) is 2.71. The number of hydrogen-bond donors (Lipinski definition) is 1. The molecular formula is C22H22O4. The van der Waals surface area contributed by atoms with E-state index in [1.54, 1.807) is 7.11 Å². The summed E-state index contributed by atoms with van der Waals surface area (Å²) >= 11 is 0. The summed E-state index contributed by atoms with van der Waals surface area (Å²) in [6, 6.07) is 23.2. The fourth-order valence-electron chi connectivity index (χ4n) is 2.59. The van der Waals surface area contributed by atoms with Gasteiger partial charge >= 0.3 is 0 Å². The zero-order valence-corrected chi connectivity index (χ0v) is 14.7. The molecule has 1 N–H and O–H groups in total. The number of methoxy groups -OCH3 is 1. The van der Waals surface area contributed by atoms with Gasteiger partial charge in [0.15, 0.2) is 11.5 Å². The summed E-state index contributed by atoms with van der Waals surface area (Å²) in [7, 11) is 1.62. The molecule has 0 aliphatic heterocycles. The zero-order valence-electron chi connectivity index (χ0n) is 14.7. The summed E-state index contributed by atoms with van der Waals surface area (Å²) in [4.78, 5) is 0. The van der Waals surface area contributed by atoms with Gasteiger partial charge in [-0.2, -0.15) is 0 Å². The third-order valence-electron chi connectivity index (χ3n) is 4.00. The lowest BCUT2D eigenvalue weighted by Crippen LogP contribution is -2.01. The first kappa shape index (κ1) is 17.8. The second-order valence-electron chi connectivity index (χ2n) is 5.81. The number of para-hydroxylation sites is 1. The summed E-state index contributed by atoms with van der Waals surface area (Å²) < 4.78 is 17.1. The fraction of sp³-hybridized carbons (Fsp3) is 0.182. The van der Waals surface area contributed by atoms with Crippen molar-refractivity contribution < 1.29 is 19.3 Å². The van der Waals surface area contributed by atoms with Crippen LogP contribution in [-0.2, 0) is 19.8 Å². The number of hydrogen-bond acceptors (Lipinski definition) is 4. The van der Waals surface area contributed by atoms with Crippen molar-refractivity contribution in [1.29, 1.82) is 0 Å². The number of aliphatic hydroxyl groups is 1. The van der Waals surface area contributed by atoms with Crippen molar-refractivity contribution in [3.05, 3.63) is 89.5 Å². The molecule has 0 bridgehead atoms. The Balaban J connectivity index is 1.66. The van der Waals surface area contributed by atoms with E-state index in [2.05, 4.69) is 0 Å². The number of rotatable bonds is 8. The molecule has 0 heterocycles. The van der Waals surface area contributed by atoms with Crippen molar-refractivity contribution in [2.24, 2.45) is 0 Å². The molecule has 0 aliphatic rings. The maximum absolute atomic E-state index is 9.37. The standard InChI is InChI=1S/C22H22O4/c1-24-22-13-18(16-25-20-10-6-5-9-19(20)14-23)11-12-21(22)26-15-17-7-3-2-4-8-17/h2-13,23H,14-16H2,1H3. The molecule has 0 radical (unpaired) electrons. The Hall–Kier alpha value is -2.98. The van der Waals surface area contributed by atoms with Gasteiger partial charge in [-0.1, -0.05) is 54.6 Å². The van der Waals surface area contributed by atoms with Gasteiger partial charge in [-0.25, -0.2) is 0 Å². The molecule has 0 amide bonds. The first-order valence-electron chi connectivity index (χ1n) is 8.45. The minimum atomic E-state index is -0.0498. The molecule has 0 atom stereocenters. The first-order chi connectivity index (χ1) is 12.8. The minimum absolute atomic E-state index is 0.0498. The van der Waals surface area contributed by atoms with E-state index in [1.165, 1.54) is 0 Å². The third-order valence-corrected chi connectivity index (χ3v) is 4.00. The maximum Gasteiger partial charge on any atom is 0.161 e. The molecule has 0 aliphatic carbocycles. The van der Waals surface area contributed by atoms with Gasteiger partial charge in [0.05, 0.1) is 13.7 Å². The fourth-order valence-corrected chi connectivity index (χ4v) is 2.59. The van der Waals surface area contributed by atoms with Crippen molar-refractivity contribution in [3.8, 4) is 17.2 Å². The number of benzene rings is 3. The Morgan fingerprint density at radius 2 is 1.38 bits per heavy atom. The molecule has 4 heteroatoms. The van der Waals surface area contributed by atoms with E-state index in [1.807, 2.05) is 72.8 Å². The molecule has 0 saturated heterocycles. The molecule has 134 valence electrons. The SMILES string of the molecule is COc1cc(COc2ccccc2CO)ccc1OCc1ccccc1. The number of aliphatic hydroxyl groups excluding tert-OH is 1. The third kappa shape index (κ3) is 4.55. The van der Waals surface area contributed by atoms with E-state index in [4.69, 9.17) is 14.2 Å². The lowest BCUT2D eigenvalue weighted by atomic mass is 10.2. The molecule has 0 saturated carbocycles. The summed E-state index contributed by atoms with van der Waals surface area (Å²) in [5.74, 6) is 2.03. The first-order valence-corrected chi connectivity index (χ1v) is 8.45. The van der Waals surface area contributed by atoms with Crippen molar-refractivity contribution >= 4 is 0 Å². The van der Waals surface area contributed by atoms with Crippen LogP contribution in [0.25, 0.3) is 0 Å². The second-order valence-corrected chi connectivity index (χ2v) is 5.81. The molecule has 0 aromatic heterocycles. The van der Waals surface area contributed by atoms with E-state index >= 15 is 0 Å². The van der Waals surface area contributed by atoms with Crippen LogP contribution in [0.1, 0.15) is 16.7 Å². The lowest BCUT2D eigenvalue weighted by Gasteiger charge is -2.14. The Kier molecular flexibility index (Phi) is 6.12. The summed E-state index contributed by atoms with van der Waals surface area (Å²) in [5, 5.41) is 9.37. The molecule has 4 nitrogen and oxygen atoms in total. The van der Waals surface area contributed by atoms with Crippen LogP contribution in [0, 0.1) is 0 Å². The van der Waals surface area contributed by atoms with Gasteiger partial charge in [-0.05, 0) is 29.3 Å². The quantitative estimate of drug-likeness (QED) is 0.656. The molecule has 3 rings (SSSR count). The van der Waals surface area contributed by atoms with E-state index in [0.717, 1.165) is 16.7 Å².